The number of aromatic nitrogens is 1. The van der Waals surface area contributed by atoms with Crippen molar-refractivity contribution in [2.24, 2.45) is 0 Å². The van der Waals surface area contributed by atoms with E-state index in [9.17, 15) is 0 Å². The van der Waals surface area contributed by atoms with E-state index in [1.807, 2.05) is 0 Å². The number of nitrogens with one attached hydrogen (secondary N) is 1. The second-order valence-electron chi connectivity index (χ2n) is 4.57. The van der Waals surface area contributed by atoms with Crippen molar-refractivity contribution in [1.82, 2.24) is 10.3 Å². The molecule has 18 heavy (non-hydrogen) atoms. The minimum Gasteiger partial charge on any atom is -0.309 e. The first-order valence-corrected chi connectivity index (χ1v) is 7.72. The minimum absolute atomic E-state index is 0.502. The van der Waals surface area contributed by atoms with Gasteiger partial charge in [-0.15, -0.1) is 11.3 Å². The van der Waals surface area contributed by atoms with Gasteiger partial charge in [0.1, 0.15) is 0 Å². The van der Waals surface area contributed by atoms with Gasteiger partial charge in [-0.05, 0) is 17.7 Å². The summed E-state index contributed by atoms with van der Waals surface area (Å²) in [5.74, 6) is 0. The summed E-state index contributed by atoms with van der Waals surface area (Å²) in [6.07, 6.45) is 0.916. The predicted octanol–water partition coefficient (Wildman–Crippen LogP) is 3.99. The molecule has 0 bridgehead atoms. The van der Waals surface area contributed by atoms with Crippen LogP contribution < -0.4 is 5.32 Å². The van der Waals surface area contributed by atoms with E-state index < -0.39 is 0 Å². The van der Waals surface area contributed by atoms with E-state index in [1.165, 1.54) is 10.6 Å². The van der Waals surface area contributed by atoms with Crippen LogP contribution >= 0.6 is 27.3 Å². The smallest absolute Gasteiger partial charge is 0.0972 e. The van der Waals surface area contributed by atoms with Crippen LogP contribution in [0.5, 0.6) is 0 Å². The normalized spacial score (nSPS) is 11.1. The Kier molecular flexibility index (Phi) is 4.92. The second-order valence-corrected chi connectivity index (χ2v) is 6.43. The van der Waals surface area contributed by atoms with Crippen molar-refractivity contribution in [2.45, 2.75) is 32.9 Å². The zero-order valence-corrected chi connectivity index (χ0v) is 13.0. The van der Waals surface area contributed by atoms with Gasteiger partial charge in [-0.2, -0.15) is 0 Å². The third-order valence-electron chi connectivity index (χ3n) is 2.56. The number of halogens is 1. The van der Waals surface area contributed by atoms with E-state index in [-0.39, 0.29) is 0 Å². The lowest BCUT2D eigenvalue weighted by Crippen LogP contribution is -2.21. The van der Waals surface area contributed by atoms with Gasteiger partial charge in [0.05, 0.1) is 10.7 Å². The maximum atomic E-state index is 4.64. The third-order valence-corrected chi connectivity index (χ3v) is 3.99. The van der Waals surface area contributed by atoms with Crippen molar-refractivity contribution in [2.75, 3.05) is 0 Å². The van der Waals surface area contributed by atoms with Gasteiger partial charge in [0.25, 0.3) is 0 Å². The summed E-state index contributed by atoms with van der Waals surface area (Å²) in [7, 11) is 0. The topological polar surface area (TPSA) is 24.9 Å². The molecule has 0 atom stereocenters. The van der Waals surface area contributed by atoms with Crippen molar-refractivity contribution < 1.29 is 0 Å². The molecule has 1 aromatic carbocycles. The van der Waals surface area contributed by atoms with Crippen LogP contribution in [-0.4, -0.2) is 11.0 Å². The highest BCUT2D eigenvalue weighted by atomic mass is 79.9. The van der Waals surface area contributed by atoms with Crippen molar-refractivity contribution in [3.05, 3.63) is 50.4 Å². The Labute approximate surface area is 121 Å². The number of thiazole rings is 1. The van der Waals surface area contributed by atoms with Crippen molar-refractivity contribution in [3.8, 4) is 0 Å². The van der Waals surface area contributed by atoms with Crippen LogP contribution in [0, 0.1) is 0 Å². The lowest BCUT2D eigenvalue weighted by molar-refractivity contribution is 0.582. The molecular formula is C14H17BrN2S. The highest BCUT2D eigenvalue weighted by Crippen LogP contribution is 2.17. The van der Waals surface area contributed by atoms with Crippen LogP contribution in [-0.2, 0) is 13.0 Å². The molecule has 2 aromatic rings. The minimum atomic E-state index is 0.502. The molecule has 0 aliphatic rings. The van der Waals surface area contributed by atoms with Gasteiger partial charge in [-0.1, -0.05) is 41.9 Å². The maximum absolute atomic E-state index is 4.64. The zero-order valence-electron chi connectivity index (χ0n) is 10.6. The molecule has 1 heterocycles. The number of nitrogens with zero attached hydrogens (tertiary/aromatic N) is 1. The number of hydrogen-bond donors (Lipinski definition) is 1. The molecule has 0 unspecified atom stereocenters. The first kappa shape index (κ1) is 13.7. The van der Waals surface area contributed by atoms with E-state index in [4.69, 9.17) is 0 Å². The average molecular weight is 325 g/mol. The largest absolute Gasteiger partial charge is 0.309 e. The molecular weight excluding hydrogens is 308 g/mol. The van der Waals surface area contributed by atoms with E-state index in [0.29, 0.717) is 6.04 Å². The van der Waals surface area contributed by atoms with Gasteiger partial charge in [-0.3, -0.25) is 0 Å². The third kappa shape index (κ3) is 4.19. The predicted molar refractivity (Wildman–Crippen MR) is 81.0 cm³/mol. The fourth-order valence-corrected chi connectivity index (χ4v) is 2.69. The summed E-state index contributed by atoms with van der Waals surface area (Å²) < 4.78 is 1.12. The van der Waals surface area contributed by atoms with Crippen LogP contribution in [0.4, 0.5) is 0 Å². The van der Waals surface area contributed by atoms with Gasteiger partial charge < -0.3 is 5.32 Å². The highest BCUT2D eigenvalue weighted by molar-refractivity contribution is 9.10. The Balaban J connectivity index is 1.95. The second kappa shape index (κ2) is 6.45. The van der Waals surface area contributed by atoms with Crippen molar-refractivity contribution >= 4 is 27.3 Å². The summed E-state index contributed by atoms with van der Waals surface area (Å²) >= 11 is 5.19. The summed E-state index contributed by atoms with van der Waals surface area (Å²) in [6.45, 7) is 5.15. The van der Waals surface area contributed by atoms with Crippen LogP contribution in [0.3, 0.4) is 0 Å². The molecule has 2 rings (SSSR count). The molecule has 0 amide bonds. The van der Waals surface area contributed by atoms with Gasteiger partial charge >= 0.3 is 0 Å². The standard InChI is InChI=1S/C14H17BrN2S/c1-10(2)16-8-13-9-18-14(17-13)7-11-3-5-12(15)6-4-11/h3-6,9-10,16H,7-8H2,1-2H3. The Bertz CT molecular complexity index is 491. The van der Waals surface area contributed by atoms with Crippen molar-refractivity contribution in [3.63, 3.8) is 0 Å². The van der Waals surface area contributed by atoms with Gasteiger partial charge in [0, 0.05) is 28.9 Å². The Morgan fingerprint density at radius 3 is 2.67 bits per heavy atom. The highest BCUT2D eigenvalue weighted by Gasteiger charge is 2.04. The van der Waals surface area contributed by atoms with Crippen LogP contribution in [0.2, 0.25) is 0 Å². The number of rotatable bonds is 5. The van der Waals surface area contributed by atoms with Gasteiger partial charge in [-0.25, -0.2) is 4.98 Å². The zero-order chi connectivity index (χ0) is 13.0. The molecule has 0 saturated heterocycles. The van der Waals surface area contributed by atoms with Crippen molar-refractivity contribution in [1.29, 1.82) is 0 Å². The van der Waals surface area contributed by atoms with Crippen LogP contribution in [0.15, 0.2) is 34.1 Å². The summed E-state index contributed by atoms with van der Waals surface area (Å²) in [5, 5.41) is 6.71. The van der Waals surface area contributed by atoms with E-state index in [0.717, 1.165) is 23.1 Å². The van der Waals surface area contributed by atoms with Gasteiger partial charge in [0.2, 0.25) is 0 Å². The van der Waals surface area contributed by atoms with Crippen LogP contribution in [0.1, 0.15) is 30.1 Å². The molecule has 0 spiro atoms. The fraction of sp³-hybridized carbons (Fsp3) is 0.357. The number of benzene rings is 1. The van der Waals surface area contributed by atoms with E-state index in [2.05, 4.69) is 69.7 Å². The Morgan fingerprint density at radius 1 is 1.28 bits per heavy atom. The molecule has 0 aliphatic heterocycles. The summed E-state index contributed by atoms with van der Waals surface area (Å²) in [5.41, 5.74) is 2.44. The fourth-order valence-electron chi connectivity index (χ4n) is 1.60. The van der Waals surface area contributed by atoms with E-state index in [1.54, 1.807) is 11.3 Å². The summed E-state index contributed by atoms with van der Waals surface area (Å²) in [6, 6.07) is 8.92. The lowest BCUT2D eigenvalue weighted by atomic mass is 10.2. The molecule has 2 nitrogen and oxygen atoms in total. The molecule has 0 aliphatic carbocycles. The van der Waals surface area contributed by atoms with E-state index >= 15 is 0 Å². The maximum Gasteiger partial charge on any atom is 0.0972 e. The monoisotopic (exact) mass is 324 g/mol. The molecule has 1 aromatic heterocycles. The Hall–Kier alpha value is -0.710. The molecule has 0 saturated carbocycles. The molecule has 0 fully saturated rings. The van der Waals surface area contributed by atoms with Gasteiger partial charge in [0.15, 0.2) is 0 Å². The quantitative estimate of drug-likeness (QED) is 0.899. The first-order valence-electron chi connectivity index (χ1n) is 6.04. The molecule has 96 valence electrons. The lowest BCUT2D eigenvalue weighted by Gasteiger charge is -2.04. The first-order chi connectivity index (χ1) is 8.63. The van der Waals surface area contributed by atoms with Crippen LogP contribution in [0.25, 0.3) is 0 Å². The molecule has 1 N–H and O–H groups in total. The SMILES string of the molecule is CC(C)NCc1csc(Cc2ccc(Br)cc2)n1. The molecule has 4 heteroatoms. The number of hydrogen-bond acceptors (Lipinski definition) is 3. The summed E-state index contributed by atoms with van der Waals surface area (Å²) in [4.78, 5) is 4.64. The average Bonchev–Trinajstić information content (AvgIpc) is 2.77. The Morgan fingerprint density at radius 2 is 2.00 bits per heavy atom. The molecule has 0 radical (unpaired) electrons.